The molecule has 0 radical (unpaired) electrons. The second-order valence-corrected chi connectivity index (χ2v) is 4.88. The van der Waals surface area contributed by atoms with Crippen LogP contribution in [0, 0.1) is 0 Å². The monoisotopic (exact) mass is 313 g/mol. The van der Waals surface area contributed by atoms with E-state index in [4.69, 9.17) is 4.74 Å². The quantitative estimate of drug-likeness (QED) is 0.770. The summed E-state index contributed by atoms with van der Waals surface area (Å²) in [6.07, 6.45) is 3.60. The van der Waals surface area contributed by atoms with Gasteiger partial charge in [-0.2, -0.15) is 0 Å². The van der Waals surface area contributed by atoms with E-state index in [-0.39, 0.29) is 12.5 Å². The fourth-order valence-corrected chi connectivity index (χ4v) is 1.87. The van der Waals surface area contributed by atoms with E-state index in [1.165, 1.54) is 0 Å². The molecule has 1 heterocycles. The second-order valence-electron chi connectivity index (χ2n) is 4.88. The van der Waals surface area contributed by atoms with Crippen LogP contribution in [0.2, 0.25) is 0 Å². The molecule has 1 aromatic heterocycles. The minimum Gasteiger partial charge on any atom is -0.445 e. The van der Waals surface area contributed by atoms with E-state index in [0.717, 1.165) is 5.56 Å². The predicted molar refractivity (Wildman–Crippen MR) is 86.7 cm³/mol. The lowest BCUT2D eigenvalue weighted by molar-refractivity contribution is -0.116. The maximum absolute atomic E-state index is 11.7. The van der Waals surface area contributed by atoms with E-state index in [2.05, 4.69) is 15.6 Å². The van der Waals surface area contributed by atoms with Crippen molar-refractivity contribution in [2.24, 2.45) is 0 Å². The fraction of sp³-hybridized carbons (Fsp3) is 0.235. The number of hydrogen-bond acceptors (Lipinski definition) is 4. The van der Waals surface area contributed by atoms with Crippen LogP contribution in [0.1, 0.15) is 18.4 Å². The zero-order valence-electron chi connectivity index (χ0n) is 12.7. The van der Waals surface area contributed by atoms with Gasteiger partial charge in [-0.05, 0) is 24.1 Å². The number of benzene rings is 1. The number of pyridine rings is 1. The van der Waals surface area contributed by atoms with Crippen molar-refractivity contribution in [3.05, 3.63) is 60.4 Å². The molecule has 0 fully saturated rings. The molecule has 0 unspecified atom stereocenters. The number of amides is 2. The molecule has 120 valence electrons. The smallest absolute Gasteiger partial charge is 0.407 e. The number of alkyl carbamates (subject to hydrolysis) is 1. The van der Waals surface area contributed by atoms with Crippen LogP contribution < -0.4 is 10.6 Å². The second kappa shape index (κ2) is 9.19. The van der Waals surface area contributed by atoms with Crippen LogP contribution in [0.5, 0.6) is 0 Å². The number of hydrogen-bond donors (Lipinski definition) is 2. The van der Waals surface area contributed by atoms with E-state index < -0.39 is 6.09 Å². The van der Waals surface area contributed by atoms with Crippen LogP contribution in [-0.2, 0) is 16.1 Å². The number of aromatic nitrogens is 1. The van der Waals surface area contributed by atoms with Gasteiger partial charge in [0.15, 0.2) is 0 Å². The van der Waals surface area contributed by atoms with Crippen LogP contribution in [0.4, 0.5) is 10.5 Å². The standard InChI is InChI=1S/C17H19N3O3/c21-16(20-15-8-11-18-12-9-15)7-4-10-19-17(22)23-13-14-5-2-1-3-6-14/h1-3,5-6,8-9,11-12H,4,7,10,13H2,(H,19,22)(H,18,20,21). The first kappa shape index (κ1) is 16.5. The summed E-state index contributed by atoms with van der Waals surface area (Å²) in [4.78, 5) is 27.1. The van der Waals surface area contributed by atoms with Gasteiger partial charge in [-0.1, -0.05) is 30.3 Å². The van der Waals surface area contributed by atoms with Crippen molar-refractivity contribution in [3.8, 4) is 0 Å². The third-order valence-corrected chi connectivity index (χ3v) is 3.03. The van der Waals surface area contributed by atoms with Gasteiger partial charge in [0.1, 0.15) is 6.61 Å². The van der Waals surface area contributed by atoms with Gasteiger partial charge in [-0.15, -0.1) is 0 Å². The van der Waals surface area contributed by atoms with Gasteiger partial charge >= 0.3 is 6.09 Å². The Morgan fingerprint density at radius 1 is 1.04 bits per heavy atom. The zero-order valence-corrected chi connectivity index (χ0v) is 12.7. The van der Waals surface area contributed by atoms with Crippen molar-refractivity contribution in [1.82, 2.24) is 10.3 Å². The third kappa shape index (κ3) is 6.60. The summed E-state index contributed by atoms with van der Waals surface area (Å²) in [5.41, 5.74) is 1.64. The molecule has 0 atom stereocenters. The number of rotatable bonds is 7. The summed E-state index contributed by atoms with van der Waals surface area (Å²) >= 11 is 0. The third-order valence-electron chi connectivity index (χ3n) is 3.03. The van der Waals surface area contributed by atoms with Crippen molar-refractivity contribution >= 4 is 17.7 Å². The van der Waals surface area contributed by atoms with E-state index >= 15 is 0 Å². The molecule has 0 saturated heterocycles. The molecule has 0 saturated carbocycles. The molecular formula is C17H19N3O3. The molecule has 0 bridgehead atoms. The van der Waals surface area contributed by atoms with Crippen LogP contribution in [-0.4, -0.2) is 23.5 Å². The van der Waals surface area contributed by atoms with Gasteiger partial charge in [0, 0.05) is 31.0 Å². The molecule has 2 aromatic rings. The number of carbonyl (C=O) groups excluding carboxylic acids is 2. The normalized spacial score (nSPS) is 9.91. The maximum Gasteiger partial charge on any atom is 0.407 e. The number of ether oxygens (including phenoxy) is 1. The molecule has 6 nitrogen and oxygen atoms in total. The molecule has 0 aliphatic heterocycles. The van der Waals surface area contributed by atoms with Crippen LogP contribution in [0.25, 0.3) is 0 Å². The molecule has 2 N–H and O–H groups in total. The Hall–Kier alpha value is -2.89. The molecule has 6 heteroatoms. The predicted octanol–water partition coefficient (Wildman–Crippen LogP) is 2.73. The topological polar surface area (TPSA) is 80.3 Å². The average Bonchev–Trinajstić information content (AvgIpc) is 2.59. The van der Waals surface area contributed by atoms with Gasteiger partial charge in [0.2, 0.25) is 5.91 Å². The SMILES string of the molecule is O=C(CCCNC(=O)OCc1ccccc1)Nc1ccncc1. The van der Waals surface area contributed by atoms with Gasteiger partial charge in [-0.25, -0.2) is 4.79 Å². The highest BCUT2D eigenvalue weighted by molar-refractivity contribution is 5.90. The Balaban J connectivity index is 1.56. The van der Waals surface area contributed by atoms with Crippen LogP contribution in [0.15, 0.2) is 54.9 Å². The summed E-state index contributed by atoms with van der Waals surface area (Å²) < 4.78 is 5.07. The van der Waals surface area contributed by atoms with E-state index in [1.807, 2.05) is 30.3 Å². The molecular weight excluding hydrogens is 294 g/mol. The Labute approximate surface area is 134 Å². The van der Waals surface area contributed by atoms with E-state index in [0.29, 0.717) is 25.1 Å². The molecule has 0 spiro atoms. The van der Waals surface area contributed by atoms with Gasteiger partial charge < -0.3 is 15.4 Å². The summed E-state index contributed by atoms with van der Waals surface area (Å²) in [6.45, 7) is 0.618. The number of nitrogens with one attached hydrogen (secondary N) is 2. The van der Waals surface area contributed by atoms with Crippen molar-refractivity contribution in [2.45, 2.75) is 19.4 Å². The summed E-state index contributed by atoms with van der Waals surface area (Å²) in [7, 11) is 0. The first-order valence-electron chi connectivity index (χ1n) is 7.38. The Bertz CT molecular complexity index is 617. The summed E-state index contributed by atoms with van der Waals surface area (Å²) in [5.74, 6) is -0.101. The number of nitrogens with zero attached hydrogens (tertiary/aromatic N) is 1. The van der Waals surface area contributed by atoms with Crippen LogP contribution in [0.3, 0.4) is 0 Å². The van der Waals surface area contributed by atoms with Gasteiger partial charge in [0.05, 0.1) is 0 Å². The lowest BCUT2D eigenvalue weighted by Gasteiger charge is -2.07. The highest BCUT2D eigenvalue weighted by atomic mass is 16.5. The lowest BCUT2D eigenvalue weighted by Crippen LogP contribution is -2.26. The largest absolute Gasteiger partial charge is 0.445 e. The highest BCUT2D eigenvalue weighted by Crippen LogP contribution is 2.04. The first-order valence-corrected chi connectivity index (χ1v) is 7.38. The highest BCUT2D eigenvalue weighted by Gasteiger charge is 2.04. The Morgan fingerprint density at radius 2 is 1.78 bits per heavy atom. The van der Waals surface area contributed by atoms with Crippen LogP contribution >= 0.6 is 0 Å². The van der Waals surface area contributed by atoms with Crippen molar-refractivity contribution in [1.29, 1.82) is 0 Å². The molecule has 23 heavy (non-hydrogen) atoms. The molecule has 0 aliphatic rings. The lowest BCUT2D eigenvalue weighted by atomic mass is 10.2. The molecule has 2 amide bonds. The Morgan fingerprint density at radius 3 is 2.52 bits per heavy atom. The Kier molecular flexibility index (Phi) is 6.59. The van der Waals surface area contributed by atoms with E-state index in [1.54, 1.807) is 24.5 Å². The molecule has 2 rings (SSSR count). The van der Waals surface area contributed by atoms with Crippen molar-refractivity contribution < 1.29 is 14.3 Å². The molecule has 0 aliphatic carbocycles. The van der Waals surface area contributed by atoms with Crippen molar-refractivity contribution in [3.63, 3.8) is 0 Å². The number of anilines is 1. The summed E-state index contributed by atoms with van der Waals surface area (Å²) in [6, 6.07) is 12.9. The minimum atomic E-state index is -0.483. The maximum atomic E-state index is 11.7. The number of carbonyl (C=O) groups is 2. The van der Waals surface area contributed by atoms with Gasteiger partial charge in [-0.3, -0.25) is 9.78 Å². The minimum absolute atomic E-state index is 0.101. The molecule has 1 aromatic carbocycles. The summed E-state index contributed by atoms with van der Waals surface area (Å²) in [5, 5.41) is 5.37. The zero-order chi connectivity index (χ0) is 16.3. The average molecular weight is 313 g/mol. The van der Waals surface area contributed by atoms with E-state index in [9.17, 15) is 9.59 Å². The van der Waals surface area contributed by atoms with Gasteiger partial charge in [0.25, 0.3) is 0 Å². The van der Waals surface area contributed by atoms with Crippen molar-refractivity contribution in [2.75, 3.05) is 11.9 Å². The first-order chi connectivity index (χ1) is 11.2. The fourth-order valence-electron chi connectivity index (χ4n) is 1.87.